The normalized spacial score (nSPS) is 12.6. The molecule has 0 aromatic heterocycles. The van der Waals surface area contributed by atoms with E-state index in [2.05, 4.69) is 41.3 Å². The fourth-order valence-electron chi connectivity index (χ4n) is 1.34. The Kier molecular flexibility index (Phi) is 43.0. The highest BCUT2D eigenvalue weighted by Crippen LogP contribution is 2.04. The van der Waals surface area contributed by atoms with E-state index in [-0.39, 0.29) is 0 Å². The Labute approximate surface area is 147 Å². The average molecular weight is 329 g/mol. The number of piperidine rings is 1. The van der Waals surface area contributed by atoms with E-state index in [0.717, 1.165) is 0 Å². The van der Waals surface area contributed by atoms with Gasteiger partial charge in [0.2, 0.25) is 0 Å². The third-order valence-electron chi connectivity index (χ3n) is 2.27. The molecule has 140 valence electrons. The van der Waals surface area contributed by atoms with Crippen molar-refractivity contribution in [1.82, 2.24) is 4.90 Å². The Hall–Kier alpha value is -0.890. The first-order valence-corrected chi connectivity index (χ1v) is 8.71. The van der Waals surface area contributed by atoms with Crippen molar-refractivity contribution in [3.05, 3.63) is 17.4 Å². The number of ether oxygens (including phenoxy) is 1. The van der Waals surface area contributed by atoms with Crippen LogP contribution in [-0.2, 0) is 4.74 Å². The molecule has 1 saturated heterocycles. The standard InChI is InChI=1S/C6H13N.C6H10.C3H7N.C3H8.C2H6O/c1-7-5-3-2-4-6-7;1-4-5-6(2)3;1-3-4-2;2*1-3-2/h2-6H2,1H3;4H,1-3H3;3H,1-2H3;3H2,1-2H3;1-2H3. The number of nitrogens with zero attached hydrogens (tertiary/aromatic N) is 2. The van der Waals surface area contributed by atoms with Crippen molar-refractivity contribution >= 4 is 6.21 Å². The summed E-state index contributed by atoms with van der Waals surface area (Å²) in [7, 11) is 7.19. The Morgan fingerprint density at radius 2 is 1.43 bits per heavy atom. The monoisotopic (exact) mass is 328 g/mol. The quantitative estimate of drug-likeness (QED) is 0.426. The lowest BCUT2D eigenvalue weighted by atomic mass is 10.1. The molecule has 0 aromatic rings. The number of methoxy groups -OCH3 is 1. The van der Waals surface area contributed by atoms with Crippen LogP contribution in [-0.4, -0.2) is 52.5 Å². The zero-order valence-corrected chi connectivity index (χ0v) is 17.7. The van der Waals surface area contributed by atoms with Gasteiger partial charge in [0.05, 0.1) is 0 Å². The first-order chi connectivity index (χ1) is 10.9. The Bertz CT molecular complexity index is 251. The van der Waals surface area contributed by atoms with Gasteiger partial charge in [0.1, 0.15) is 0 Å². The SMILES string of the molecule is CC=C=C(C)C.CC=NC.CCC.CN1CCCCC1.COC. The molecule has 1 aliphatic rings. The number of likely N-dealkylation sites (tertiary alicyclic amines) is 1. The van der Waals surface area contributed by atoms with Gasteiger partial charge in [-0.05, 0) is 78.5 Å². The number of rotatable bonds is 0. The van der Waals surface area contributed by atoms with Gasteiger partial charge in [-0.25, -0.2) is 0 Å². The summed E-state index contributed by atoms with van der Waals surface area (Å²) >= 11 is 0. The van der Waals surface area contributed by atoms with Gasteiger partial charge < -0.3 is 14.6 Å². The predicted molar refractivity (Wildman–Crippen MR) is 109 cm³/mol. The lowest BCUT2D eigenvalue weighted by molar-refractivity contribution is 0.277. The number of hydrogen-bond donors (Lipinski definition) is 0. The molecule has 1 heterocycles. The molecule has 0 N–H and O–H groups in total. The van der Waals surface area contributed by atoms with Crippen LogP contribution in [0.1, 0.15) is 67.2 Å². The second kappa shape index (κ2) is 32.9. The first kappa shape index (κ1) is 30.0. The number of hydrogen-bond acceptors (Lipinski definition) is 3. The van der Waals surface area contributed by atoms with Gasteiger partial charge in [-0.3, -0.25) is 0 Å². The van der Waals surface area contributed by atoms with E-state index in [1.807, 2.05) is 33.8 Å². The maximum atomic E-state index is 4.25. The summed E-state index contributed by atoms with van der Waals surface area (Å²) in [5.41, 5.74) is 4.23. The van der Waals surface area contributed by atoms with Crippen molar-refractivity contribution in [2.24, 2.45) is 4.99 Å². The molecule has 0 aromatic carbocycles. The van der Waals surface area contributed by atoms with Crippen molar-refractivity contribution in [3.63, 3.8) is 0 Å². The molecule has 23 heavy (non-hydrogen) atoms. The minimum Gasteiger partial charge on any atom is -0.388 e. The Balaban J connectivity index is -0.000000104. The molecule has 0 aliphatic carbocycles. The van der Waals surface area contributed by atoms with E-state index in [1.165, 1.54) is 44.3 Å². The summed E-state index contributed by atoms with van der Waals surface area (Å²) in [6, 6.07) is 0. The molecule has 0 spiro atoms. The molecular formula is C20H44N2O. The van der Waals surface area contributed by atoms with Crippen LogP contribution in [0.4, 0.5) is 0 Å². The van der Waals surface area contributed by atoms with Gasteiger partial charge in [-0.15, -0.1) is 5.73 Å². The molecule has 0 unspecified atom stereocenters. The molecule has 0 atom stereocenters. The molecule has 1 aliphatic heterocycles. The minimum atomic E-state index is 1.23. The van der Waals surface area contributed by atoms with Gasteiger partial charge in [0.15, 0.2) is 0 Å². The van der Waals surface area contributed by atoms with Gasteiger partial charge in [0.25, 0.3) is 0 Å². The van der Waals surface area contributed by atoms with Crippen LogP contribution in [0, 0.1) is 0 Å². The third kappa shape index (κ3) is 62.5. The van der Waals surface area contributed by atoms with Crippen molar-refractivity contribution in [2.45, 2.75) is 67.2 Å². The number of allylic oxidation sites excluding steroid dienone is 1. The maximum Gasteiger partial charge on any atom is 0.0351 e. The van der Waals surface area contributed by atoms with Crippen LogP contribution in [0.2, 0.25) is 0 Å². The molecule has 0 bridgehead atoms. The molecule has 1 rings (SSSR count). The zero-order valence-electron chi connectivity index (χ0n) is 17.7. The van der Waals surface area contributed by atoms with Gasteiger partial charge in [-0.1, -0.05) is 26.7 Å². The van der Waals surface area contributed by atoms with E-state index in [4.69, 9.17) is 0 Å². The zero-order chi connectivity index (χ0) is 18.9. The summed E-state index contributed by atoms with van der Waals surface area (Å²) in [5, 5.41) is 0. The molecule has 3 heteroatoms. The van der Waals surface area contributed by atoms with Crippen molar-refractivity contribution in [1.29, 1.82) is 0 Å². The highest BCUT2D eigenvalue weighted by atomic mass is 16.4. The van der Waals surface area contributed by atoms with E-state index in [1.54, 1.807) is 27.5 Å². The summed E-state index contributed by atoms with van der Waals surface area (Å²) < 4.78 is 4.25. The number of aliphatic imine (C=N–C) groups is 1. The van der Waals surface area contributed by atoms with E-state index in [0.29, 0.717) is 0 Å². The second-order valence-corrected chi connectivity index (χ2v) is 5.43. The maximum absolute atomic E-state index is 4.25. The van der Waals surface area contributed by atoms with E-state index < -0.39 is 0 Å². The van der Waals surface area contributed by atoms with Gasteiger partial charge in [-0.2, -0.15) is 0 Å². The minimum absolute atomic E-state index is 1.23. The summed E-state index contributed by atoms with van der Waals surface area (Å²) in [6.45, 7) is 14.8. The smallest absolute Gasteiger partial charge is 0.0351 e. The van der Waals surface area contributed by atoms with Gasteiger partial charge in [0, 0.05) is 21.3 Å². The van der Waals surface area contributed by atoms with Crippen LogP contribution < -0.4 is 0 Å². The molecule has 0 saturated carbocycles. The van der Waals surface area contributed by atoms with Crippen molar-refractivity contribution in [2.75, 3.05) is 41.4 Å². The highest BCUT2D eigenvalue weighted by molar-refractivity contribution is 5.52. The Morgan fingerprint density at radius 3 is 1.52 bits per heavy atom. The predicted octanol–water partition coefficient (Wildman–Crippen LogP) is 5.62. The van der Waals surface area contributed by atoms with Gasteiger partial charge >= 0.3 is 0 Å². The summed E-state index contributed by atoms with van der Waals surface area (Å²) in [5.74, 6) is 0. The second-order valence-electron chi connectivity index (χ2n) is 5.43. The van der Waals surface area contributed by atoms with Crippen LogP contribution in [0.5, 0.6) is 0 Å². The lowest BCUT2D eigenvalue weighted by Gasteiger charge is -2.20. The highest BCUT2D eigenvalue weighted by Gasteiger charge is 2.02. The Morgan fingerprint density at radius 1 is 1.09 bits per heavy atom. The van der Waals surface area contributed by atoms with E-state index >= 15 is 0 Å². The third-order valence-corrected chi connectivity index (χ3v) is 2.27. The van der Waals surface area contributed by atoms with Crippen LogP contribution in [0.15, 0.2) is 22.4 Å². The summed E-state index contributed by atoms with van der Waals surface area (Å²) in [6.07, 6.45) is 9.19. The van der Waals surface area contributed by atoms with Crippen LogP contribution >= 0.6 is 0 Å². The topological polar surface area (TPSA) is 24.8 Å². The fourth-order valence-corrected chi connectivity index (χ4v) is 1.34. The van der Waals surface area contributed by atoms with Crippen LogP contribution in [0.3, 0.4) is 0 Å². The largest absolute Gasteiger partial charge is 0.388 e. The molecule has 1 fully saturated rings. The van der Waals surface area contributed by atoms with Crippen LogP contribution in [0.25, 0.3) is 0 Å². The summed E-state index contributed by atoms with van der Waals surface area (Å²) in [4.78, 5) is 6.00. The molecule has 0 amide bonds. The van der Waals surface area contributed by atoms with Crippen molar-refractivity contribution in [3.8, 4) is 0 Å². The lowest BCUT2D eigenvalue weighted by Crippen LogP contribution is -2.24. The van der Waals surface area contributed by atoms with Crippen molar-refractivity contribution < 1.29 is 4.74 Å². The first-order valence-electron chi connectivity index (χ1n) is 8.71. The average Bonchev–Trinajstić information content (AvgIpc) is 2.50. The molecular weight excluding hydrogens is 284 g/mol. The molecule has 0 radical (unpaired) electrons. The molecule has 3 nitrogen and oxygen atoms in total. The fraction of sp³-hybridized carbons (Fsp3) is 0.800. The van der Waals surface area contributed by atoms with E-state index in [9.17, 15) is 0 Å².